The molecule has 2 aromatic rings. The van der Waals surface area contributed by atoms with Crippen LogP contribution in [0.3, 0.4) is 0 Å². The fourth-order valence-electron chi connectivity index (χ4n) is 2.28. The van der Waals surface area contributed by atoms with Gasteiger partial charge in [0, 0.05) is 5.02 Å². The fourth-order valence-corrected chi connectivity index (χ4v) is 2.41. The van der Waals surface area contributed by atoms with Crippen molar-refractivity contribution in [3.8, 4) is 11.5 Å². The van der Waals surface area contributed by atoms with E-state index in [-0.39, 0.29) is 17.1 Å². The first-order valence-electron chi connectivity index (χ1n) is 6.99. The van der Waals surface area contributed by atoms with Gasteiger partial charge in [-0.1, -0.05) is 17.7 Å². The molecule has 24 heavy (non-hydrogen) atoms. The van der Waals surface area contributed by atoms with Crippen molar-refractivity contribution in [3.05, 3.63) is 58.6 Å². The van der Waals surface area contributed by atoms with Crippen molar-refractivity contribution in [1.29, 1.82) is 0 Å². The minimum Gasteiger partial charge on any atom is -0.504 e. The number of rotatable bonds is 3. The van der Waals surface area contributed by atoms with Crippen molar-refractivity contribution >= 4 is 35.2 Å². The van der Waals surface area contributed by atoms with E-state index in [9.17, 15) is 14.7 Å². The quantitative estimate of drug-likeness (QED) is 0.662. The molecule has 7 heteroatoms. The molecule has 3 rings (SSSR count). The van der Waals surface area contributed by atoms with Crippen molar-refractivity contribution in [2.24, 2.45) is 0 Å². The number of ether oxygens (including phenoxy) is 1. The Labute approximate surface area is 142 Å². The maximum Gasteiger partial charge on any atom is 0.282 e. The van der Waals surface area contributed by atoms with Crippen molar-refractivity contribution in [3.63, 3.8) is 0 Å². The SMILES string of the molecule is COc1cc(/C=C2\C(=O)NN(c3ccc(Cl)cc3)C2=O)ccc1O. The zero-order valence-electron chi connectivity index (χ0n) is 12.6. The molecule has 0 unspecified atom stereocenters. The minimum atomic E-state index is -0.512. The van der Waals surface area contributed by atoms with Crippen LogP contribution in [0.4, 0.5) is 5.69 Å². The smallest absolute Gasteiger partial charge is 0.282 e. The maximum absolute atomic E-state index is 12.5. The Morgan fingerprint density at radius 1 is 1.17 bits per heavy atom. The zero-order valence-corrected chi connectivity index (χ0v) is 13.4. The highest BCUT2D eigenvalue weighted by molar-refractivity contribution is 6.32. The second-order valence-electron chi connectivity index (χ2n) is 5.05. The van der Waals surface area contributed by atoms with E-state index in [4.69, 9.17) is 16.3 Å². The van der Waals surface area contributed by atoms with Gasteiger partial charge in [0.2, 0.25) is 0 Å². The molecule has 0 saturated carbocycles. The number of anilines is 1. The summed E-state index contributed by atoms with van der Waals surface area (Å²) < 4.78 is 5.02. The highest BCUT2D eigenvalue weighted by Gasteiger charge is 2.34. The summed E-state index contributed by atoms with van der Waals surface area (Å²) >= 11 is 5.83. The molecule has 1 aliphatic heterocycles. The van der Waals surface area contributed by atoms with Gasteiger partial charge in [-0.15, -0.1) is 0 Å². The molecule has 0 spiro atoms. The normalized spacial score (nSPS) is 15.8. The summed E-state index contributed by atoms with van der Waals surface area (Å²) in [4.78, 5) is 24.6. The highest BCUT2D eigenvalue weighted by Crippen LogP contribution is 2.28. The van der Waals surface area contributed by atoms with Crippen LogP contribution in [0.5, 0.6) is 11.5 Å². The van der Waals surface area contributed by atoms with E-state index in [2.05, 4.69) is 5.43 Å². The first-order valence-corrected chi connectivity index (χ1v) is 7.37. The Bertz CT molecular complexity index is 846. The monoisotopic (exact) mass is 344 g/mol. The van der Waals surface area contributed by atoms with Crippen LogP contribution in [0.1, 0.15) is 5.56 Å². The Morgan fingerprint density at radius 3 is 2.54 bits per heavy atom. The van der Waals surface area contributed by atoms with Gasteiger partial charge in [-0.05, 0) is 48.0 Å². The van der Waals surface area contributed by atoms with Crippen LogP contribution < -0.4 is 15.2 Å². The molecular weight excluding hydrogens is 332 g/mol. The fraction of sp³-hybridized carbons (Fsp3) is 0.0588. The van der Waals surface area contributed by atoms with E-state index in [1.807, 2.05) is 0 Å². The van der Waals surface area contributed by atoms with Crippen molar-refractivity contribution in [2.75, 3.05) is 12.1 Å². The number of halogens is 1. The predicted molar refractivity (Wildman–Crippen MR) is 89.7 cm³/mol. The van der Waals surface area contributed by atoms with Gasteiger partial charge >= 0.3 is 0 Å². The lowest BCUT2D eigenvalue weighted by Gasteiger charge is -2.14. The molecule has 2 aromatic carbocycles. The van der Waals surface area contributed by atoms with Crippen LogP contribution in [0, 0.1) is 0 Å². The summed E-state index contributed by atoms with van der Waals surface area (Å²) in [5, 5.41) is 11.3. The maximum atomic E-state index is 12.5. The van der Waals surface area contributed by atoms with Gasteiger partial charge in [0.15, 0.2) is 11.5 Å². The lowest BCUT2D eigenvalue weighted by atomic mass is 10.1. The molecule has 0 aliphatic carbocycles. The summed E-state index contributed by atoms with van der Waals surface area (Å²) in [5.41, 5.74) is 3.55. The molecule has 0 radical (unpaired) electrons. The van der Waals surface area contributed by atoms with Crippen molar-refractivity contribution in [2.45, 2.75) is 0 Å². The Morgan fingerprint density at radius 2 is 1.88 bits per heavy atom. The molecule has 1 fully saturated rings. The Balaban J connectivity index is 1.93. The lowest BCUT2D eigenvalue weighted by molar-refractivity contribution is -0.117. The Hall–Kier alpha value is -2.99. The number of carbonyl (C=O) groups is 2. The van der Waals surface area contributed by atoms with E-state index in [1.54, 1.807) is 30.3 Å². The number of nitrogens with one attached hydrogen (secondary N) is 1. The van der Waals surface area contributed by atoms with Crippen molar-refractivity contribution < 1.29 is 19.4 Å². The molecule has 122 valence electrons. The number of methoxy groups -OCH3 is 1. The van der Waals surface area contributed by atoms with Gasteiger partial charge in [-0.25, -0.2) is 5.01 Å². The number of phenols is 1. The number of aromatic hydroxyl groups is 1. The molecule has 0 atom stereocenters. The molecular formula is C17H13ClN2O4. The largest absolute Gasteiger partial charge is 0.504 e. The van der Waals surface area contributed by atoms with E-state index in [0.717, 1.165) is 5.01 Å². The molecule has 2 N–H and O–H groups in total. The van der Waals surface area contributed by atoms with Gasteiger partial charge in [0.25, 0.3) is 11.8 Å². The number of benzene rings is 2. The average molecular weight is 345 g/mol. The van der Waals surface area contributed by atoms with Crippen LogP contribution in [0.15, 0.2) is 48.0 Å². The number of hydrogen-bond acceptors (Lipinski definition) is 4. The van der Waals surface area contributed by atoms with Crippen LogP contribution >= 0.6 is 11.6 Å². The number of carbonyl (C=O) groups excluding carboxylic acids is 2. The number of hydrogen-bond donors (Lipinski definition) is 2. The highest BCUT2D eigenvalue weighted by atomic mass is 35.5. The third-order valence-electron chi connectivity index (χ3n) is 3.49. The number of nitrogens with zero attached hydrogens (tertiary/aromatic N) is 1. The molecule has 6 nitrogen and oxygen atoms in total. The molecule has 1 aliphatic rings. The lowest BCUT2D eigenvalue weighted by Crippen LogP contribution is -2.35. The minimum absolute atomic E-state index is 0.0160. The van der Waals surface area contributed by atoms with Gasteiger partial charge < -0.3 is 9.84 Å². The summed E-state index contributed by atoms with van der Waals surface area (Å²) in [6.45, 7) is 0. The molecule has 1 heterocycles. The van der Waals surface area contributed by atoms with E-state index in [1.165, 1.54) is 25.3 Å². The third-order valence-corrected chi connectivity index (χ3v) is 3.74. The van der Waals surface area contributed by atoms with E-state index >= 15 is 0 Å². The predicted octanol–water partition coefficient (Wildman–Crippen LogP) is 2.52. The Kier molecular flexibility index (Phi) is 4.14. The number of amides is 2. The van der Waals surface area contributed by atoms with Crippen LogP contribution in [-0.2, 0) is 9.59 Å². The summed E-state index contributed by atoms with van der Waals surface area (Å²) in [7, 11) is 1.42. The van der Waals surface area contributed by atoms with E-state index in [0.29, 0.717) is 16.3 Å². The van der Waals surface area contributed by atoms with Gasteiger partial charge in [-0.2, -0.15) is 0 Å². The molecule has 0 aromatic heterocycles. The second-order valence-corrected chi connectivity index (χ2v) is 5.48. The van der Waals surface area contributed by atoms with Gasteiger partial charge in [0.1, 0.15) is 5.57 Å². The third kappa shape index (κ3) is 2.91. The molecule has 0 bridgehead atoms. The number of hydrazine groups is 1. The van der Waals surface area contributed by atoms with Crippen LogP contribution in [0.2, 0.25) is 5.02 Å². The van der Waals surface area contributed by atoms with Crippen LogP contribution in [-0.4, -0.2) is 24.0 Å². The van der Waals surface area contributed by atoms with Gasteiger partial charge in [0.05, 0.1) is 12.8 Å². The van der Waals surface area contributed by atoms with Gasteiger partial charge in [-0.3, -0.25) is 15.0 Å². The standard InChI is InChI=1S/C17H13ClN2O4/c1-24-15-9-10(2-7-14(15)21)8-13-16(22)19-20(17(13)23)12-5-3-11(18)4-6-12/h2-9,21H,1H3,(H,19,22)/b13-8+. The molecule has 2 amide bonds. The van der Waals surface area contributed by atoms with E-state index < -0.39 is 11.8 Å². The zero-order chi connectivity index (χ0) is 17.3. The summed E-state index contributed by atoms with van der Waals surface area (Å²) in [6, 6.07) is 11.1. The molecule has 1 saturated heterocycles. The number of phenolic OH excluding ortho intramolecular Hbond substituents is 1. The van der Waals surface area contributed by atoms with Crippen molar-refractivity contribution in [1.82, 2.24) is 5.43 Å². The topological polar surface area (TPSA) is 78.9 Å². The van der Waals surface area contributed by atoms with Crippen LogP contribution in [0.25, 0.3) is 6.08 Å². The second kappa shape index (κ2) is 6.25. The summed E-state index contributed by atoms with van der Waals surface area (Å²) in [6.07, 6.45) is 1.44. The first kappa shape index (κ1) is 15.9. The first-order chi connectivity index (χ1) is 11.5. The summed E-state index contributed by atoms with van der Waals surface area (Å²) in [5.74, 6) is -0.759. The average Bonchev–Trinajstić information content (AvgIpc) is 2.85.